The van der Waals surface area contributed by atoms with Gasteiger partial charge in [-0.05, 0) is 30.5 Å². The van der Waals surface area contributed by atoms with Crippen molar-refractivity contribution in [2.24, 2.45) is 5.92 Å². The molecule has 2 atom stereocenters. The molecule has 1 aliphatic carbocycles. The van der Waals surface area contributed by atoms with Crippen LogP contribution in [0.15, 0.2) is 67.1 Å². The number of anilines is 1. The predicted molar refractivity (Wildman–Crippen MR) is 142 cm³/mol. The van der Waals surface area contributed by atoms with Gasteiger partial charge in [-0.15, -0.1) is 0 Å². The highest BCUT2D eigenvalue weighted by atomic mass is 16.5. The van der Waals surface area contributed by atoms with Crippen LogP contribution in [0.2, 0.25) is 0 Å². The normalized spacial score (nSPS) is 17.1. The number of aromatic amines is 1. The minimum Gasteiger partial charge on any atom is -0.381 e. The molecule has 1 aromatic carbocycles. The lowest BCUT2D eigenvalue weighted by Gasteiger charge is -2.35. The number of nitrogens with zero attached hydrogens (tertiary/aromatic N) is 5. The molecule has 9 heteroatoms. The Morgan fingerprint density at radius 1 is 1.22 bits per heavy atom. The van der Waals surface area contributed by atoms with Crippen LogP contribution in [0.5, 0.6) is 0 Å². The zero-order valence-corrected chi connectivity index (χ0v) is 20.9. The fraction of sp³-hybridized carbons (Fsp3) is 0.286. The van der Waals surface area contributed by atoms with Gasteiger partial charge in [-0.25, -0.2) is 9.97 Å². The summed E-state index contributed by atoms with van der Waals surface area (Å²) in [6, 6.07) is 16.2. The van der Waals surface area contributed by atoms with Crippen LogP contribution in [0.25, 0.3) is 27.9 Å². The zero-order chi connectivity index (χ0) is 25.4. The average molecular weight is 496 g/mol. The molecule has 37 heavy (non-hydrogen) atoms. The summed E-state index contributed by atoms with van der Waals surface area (Å²) >= 11 is 0. The number of hydrogen-bond acceptors (Lipinski definition) is 6. The Labute approximate surface area is 214 Å². The van der Waals surface area contributed by atoms with E-state index in [0.717, 1.165) is 41.0 Å². The maximum absolute atomic E-state index is 13.3. The van der Waals surface area contributed by atoms with E-state index < -0.39 is 0 Å². The lowest BCUT2D eigenvalue weighted by Crippen LogP contribution is -2.42. The van der Waals surface area contributed by atoms with Gasteiger partial charge in [0.2, 0.25) is 0 Å². The van der Waals surface area contributed by atoms with Crippen molar-refractivity contribution in [2.75, 3.05) is 25.6 Å². The number of benzene rings is 1. The van der Waals surface area contributed by atoms with Crippen molar-refractivity contribution >= 4 is 28.4 Å². The molecule has 0 radical (unpaired) electrons. The molecular formula is C28H29N7O2. The van der Waals surface area contributed by atoms with Gasteiger partial charge >= 0.3 is 0 Å². The maximum Gasteiger partial charge on any atom is 0.256 e. The van der Waals surface area contributed by atoms with E-state index in [1.54, 1.807) is 24.0 Å². The SMILES string of the molecule is CO[C@H]1CCC1CNC(=O)c1cnn2c(N(C)Cc3ccccc3)cc(-c3c[nH]c4ncccc34)nc12. The summed E-state index contributed by atoms with van der Waals surface area (Å²) in [5, 5.41) is 8.63. The Bertz CT molecular complexity index is 1560. The van der Waals surface area contributed by atoms with Gasteiger partial charge in [-0.3, -0.25) is 4.79 Å². The molecule has 1 saturated carbocycles. The summed E-state index contributed by atoms with van der Waals surface area (Å²) in [6.45, 7) is 1.25. The number of rotatable bonds is 8. The van der Waals surface area contributed by atoms with E-state index in [0.29, 0.717) is 30.2 Å². The molecule has 2 N–H and O–H groups in total. The number of H-pyrrole nitrogens is 1. The summed E-state index contributed by atoms with van der Waals surface area (Å²) in [7, 11) is 3.74. The standard InChI is InChI=1S/C28H29N7O2/c1-34(17-18-7-4-3-5-8-18)25-13-23(21-15-30-26-20(21)9-6-12-29-26)33-27-22(16-32-35(25)27)28(36)31-14-19-10-11-24(19)37-2/h3-9,12-13,15-16,19,24H,10-11,14,17H2,1-2H3,(H,29,30)(H,31,36)/t19?,24-/m0/s1. The predicted octanol–water partition coefficient (Wildman–Crippen LogP) is 4.06. The van der Waals surface area contributed by atoms with Crippen molar-refractivity contribution in [1.29, 1.82) is 0 Å². The van der Waals surface area contributed by atoms with Crippen LogP contribution in [0.1, 0.15) is 28.8 Å². The summed E-state index contributed by atoms with van der Waals surface area (Å²) < 4.78 is 7.23. The molecule has 1 unspecified atom stereocenters. The van der Waals surface area contributed by atoms with E-state index in [4.69, 9.17) is 9.72 Å². The van der Waals surface area contributed by atoms with Crippen LogP contribution < -0.4 is 10.2 Å². The highest BCUT2D eigenvalue weighted by Crippen LogP contribution is 2.31. The molecule has 5 aromatic rings. The third kappa shape index (κ3) is 4.31. The summed E-state index contributed by atoms with van der Waals surface area (Å²) in [5.41, 5.74) is 4.59. The minimum atomic E-state index is -0.182. The third-order valence-electron chi connectivity index (χ3n) is 7.25. The highest BCUT2D eigenvalue weighted by molar-refractivity contribution is 6.00. The lowest BCUT2D eigenvalue weighted by atomic mass is 9.82. The van der Waals surface area contributed by atoms with Crippen LogP contribution in [0, 0.1) is 5.92 Å². The maximum atomic E-state index is 13.3. The van der Waals surface area contributed by atoms with E-state index in [-0.39, 0.29) is 12.0 Å². The fourth-order valence-electron chi connectivity index (χ4n) is 5.02. The van der Waals surface area contributed by atoms with E-state index >= 15 is 0 Å². The molecule has 4 heterocycles. The van der Waals surface area contributed by atoms with Gasteiger partial charge in [-0.1, -0.05) is 30.3 Å². The Hall–Kier alpha value is -4.24. The highest BCUT2D eigenvalue weighted by Gasteiger charge is 2.31. The van der Waals surface area contributed by atoms with Crippen molar-refractivity contribution in [3.63, 3.8) is 0 Å². The topological polar surface area (TPSA) is 100 Å². The molecule has 6 rings (SSSR count). The smallest absolute Gasteiger partial charge is 0.256 e. The van der Waals surface area contributed by atoms with Gasteiger partial charge in [0, 0.05) is 62.6 Å². The number of amides is 1. The first kappa shape index (κ1) is 23.2. The molecular weight excluding hydrogens is 466 g/mol. The Balaban J connectivity index is 1.40. The van der Waals surface area contributed by atoms with Crippen molar-refractivity contribution in [3.8, 4) is 11.3 Å². The second kappa shape index (κ2) is 9.67. The number of nitrogens with one attached hydrogen (secondary N) is 2. The molecule has 1 amide bonds. The molecule has 9 nitrogen and oxygen atoms in total. The monoisotopic (exact) mass is 495 g/mol. The van der Waals surface area contributed by atoms with Crippen molar-refractivity contribution in [2.45, 2.75) is 25.5 Å². The number of hydrogen-bond donors (Lipinski definition) is 2. The molecule has 1 fully saturated rings. The van der Waals surface area contributed by atoms with E-state index in [1.807, 2.05) is 49.6 Å². The molecule has 1 aliphatic rings. The largest absolute Gasteiger partial charge is 0.381 e. The van der Waals surface area contributed by atoms with Gasteiger partial charge in [0.25, 0.3) is 5.91 Å². The van der Waals surface area contributed by atoms with E-state index in [9.17, 15) is 4.79 Å². The van der Waals surface area contributed by atoms with Gasteiger partial charge in [0.15, 0.2) is 5.65 Å². The Kier molecular flexibility index (Phi) is 6.05. The molecule has 0 aliphatic heterocycles. The second-order valence-electron chi connectivity index (χ2n) is 9.56. The molecule has 188 valence electrons. The summed E-state index contributed by atoms with van der Waals surface area (Å²) in [5.74, 6) is 0.990. The van der Waals surface area contributed by atoms with Crippen LogP contribution >= 0.6 is 0 Å². The quantitative estimate of drug-likeness (QED) is 0.337. The number of pyridine rings is 1. The first-order chi connectivity index (χ1) is 18.1. The number of carbonyl (C=O) groups is 1. The number of methoxy groups -OCH3 is 1. The van der Waals surface area contributed by atoms with Crippen LogP contribution in [0.3, 0.4) is 0 Å². The molecule has 0 bridgehead atoms. The Morgan fingerprint density at radius 3 is 2.86 bits per heavy atom. The number of aromatic nitrogens is 5. The van der Waals surface area contributed by atoms with Gasteiger partial charge < -0.3 is 19.9 Å². The minimum absolute atomic E-state index is 0.182. The van der Waals surface area contributed by atoms with E-state index in [2.05, 4.69) is 37.4 Å². The van der Waals surface area contributed by atoms with Crippen LogP contribution in [-0.4, -0.2) is 57.3 Å². The van der Waals surface area contributed by atoms with Crippen molar-refractivity contribution in [3.05, 3.63) is 78.2 Å². The zero-order valence-electron chi connectivity index (χ0n) is 20.9. The van der Waals surface area contributed by atoms with Crippen molar-refractivity contribution < 1.29 is 9.53 Å². The molecule has 4 aromatic heterocycles. The van der Waals surface area contributed by atoms with Gasteiger partial charge in [0.1, 0.15) is 17.0 Å². The molecule has 0 saturated heterocycles. The lowest BCUT2D eigenvalue weighted by molar-refractivity contribution is -0.0147. The molecule has 0 spiro atoms. The van der Waals surface area contributed by atoms with E-state index in [1.165, 1.54) is 5.56 Å². The van der Waals surface area contributed by atoms with Crippen molar-refractivity contribution in [1.82, 2.24) is 29.9 Å². The first-order valence-electron chi connectivity index (χ1n) is 12.5. The number of carbonyl (C=O) groups excluding carboxylic acids is 1. The van der Waals surface area contributed by atoms with Crippen LogP contribution in [-0.2, 0) is 11.3 Å². The Morgan fingerprint density at radius 2 is 2.08 bits per heavy atom. The summed E-state index contributed by atoms with van der Waals surface area (Å²) in [4.78, 5) is 28.0. The number of ether oxygens (including phenoxy) is 1. The van der Waals surface area contributed by atoms with Gasteiger partial charge in [-0.2, -0.15) is 9.61 Å². The number of fused-ring (bicyclic) bond motifs is 2. The van der Waals surface area contributed by atoms with Gasteiger partial charge in [0.05, 0.1) is 18.0 Å². The third-order valence-corrected chi connectivity index (χ3v) is 7.25. The first-order valence-corrected chi connectivity index (χ1v) is 12.5. The average Bonchev–Trinajstić information content (AvgIpc) is 3.53. The summed E-state index contributed by atoms with van der Waals surface area (Å²) in [6.07, 6.45) is 7.58. The fourth-order valence-corrected chi connectivity index (χ4v) is 5.02. The second-order valence-corrected chi connectivity index (χ2v) is 9.56. The van der Waals surface area contributed by atoms with Crippen LogP contribution in [0.4, 0.5) is 5.82 Å².